The molecule has 45 heavy (non-hydrogen) atoms. The van der Waals surface area contributed by atoms with Crippen molar-refractivity contribution in [2.75, 3.05) is 37.7 Å². The number of alkyl carbamates (subject to hydrolysis) is 1. The number of aryl methyl sites for hydroxylation is 1. The molecule has 1 atom stereocenters. The number of aromatic nitrogens is 2. The predicted molar refractivity (Wildman–Crippen MR) is 187 cm³/mol. The summed E-state index contributed by atoms with van der Waals surface area (Å²) in [7, 11) is 2.06. The first kappa shape index (κ1) is 41.7. The zero-order valence-electron chi connectivity index (χ0n) is 30.2. The number of nitrogens with zero attached hydrogens (tertiary/aromatic N) is 3. The van der Waals surface area contributed by atoms with Crippen LogP contribution in [0.2, 0.25) is 0 Å². The molecule has 0 fully saturated rings. The van der Waals surface area contributed by atoms with Crippen LogP contribution in [0.5, 0.6) is 0 Å². The minimum Gasteiger partial charge on any atom is -0.497 e. The van der Waals surface area contributed by atoms with Crippen LogP contribution in [0, 0.1) is 5.41 Å². The molecular formula is C35H63N5O5. The van der Waals surface area contributed by atoms with Gasteiger partial charge in [0.05, 0.1) is 30.8 Å². The lowest BCUT2D eigenvalue weighted by atomic mass is 9.82. The first-order valence-electron chi connectivity index (χ1n) is 16.5. The zero-order valence-corrected chi connectivity index (χ0v) is 30.2. The maximum atomic E-state index is 12.1. The van der Waals surface area contributed by atoms with Crippen molar-refractivity contribution in [1.82, 2.24) is 20.2 Å². The second-order valence-corrected chi connectivity index (χ2v) is 12.6. The van der Waals surface area contributed by atoms with Crippen molar-refractivity contribution in [3.63, 3.8) is 0 Å². The number of allylic oxidation sites excluding steroid dienone is 1. The van der Waals surface area contributed by atoms with Gasteiger partial charge in [0.15, 0.2) is 0 Å². The number of benzene rings is 1. The van der Waals surface area contributed by atoms with E-state index in [1.807, 2.05) is 61.5 Å². The van der Waals surface area contributed by atoms with Gasteiger partial charge in [-0.15, -0.1) is 0 Å². The number of carbonyl (C=O) groups is 2. The number of fused-ring (bicyclic) bond motifs is 1. The zero-order chi connectivity index (χ0) is 34.6. The maximum Gasteiger partial charge on any atom is 0.407 e. The highest BCUT2D eigenvalue weighted by molar-refractivity contribution is 5.80. The Hall–Kier alpha value is -3.27. The van der Waals surface area contributed by atoms with E-state index in [1.165, 1.54) is 0 Å². The largest absolute Gasteiger partial charge is 0.497 e. The number of nitrogens with one attached hydrogen (secondary N) is 2. The van der Waals surface area contributed by atoms with E-state index < -0.39 is 5.60 Å². The third kappa shape index (κ3) is 16.6. The number of hydrogen-bond donors (Lipinski definition) is 3. The topological polar surface area (TPSA) is 118 Å². The van der Waals surface area contributed by atoms with Crippen LogP contribution in [0.15, 0.2) is 30.0 Å². The van der Waals surface area contributed by atoms with Gasteiger partial charge in [0.1, 0.15) is 17.2 Å². The summed E-state index contributed by atoms with van der Waals surface area (Å²) < 4.78 is 12.8. The van der Waals surface area contributed by atoms with Gasteiger partial charge in [-0.25, -0.2) is 9.78 Å². The smallest absolute Gasteiger partial charge is 0.407 e. The molecule has 0 bridgehead atoms. The number of ether oxygens (including phenoxy) is 2. The van der Waals surface area contributed by atoms with Gasteiger partial charge < -0.3 is 34.7 Å². The lowest BCUT2D eigenvalue weighted by Crippen LogP contribution is -2.40. The van der Waals surface area contributed by atoms with Crippen molar-refractivity contribution in [3.8, 4) is 0 Å². The minimum absolute atomic E-state index is 0.0118. The molecule has 0 aliphatic heterocycles. The molecule has 258 valence electrons. The molecule has 1 unspecified atom stereocenters. The predicted octanol–water partition coefficient (Wildman–Crippen LogP) is 6.74. The summed E-state index contributed by atoms with van der Waals surface area (Å²) in [6.45, 7) is 24.9. The Morgan fingerprint density at radius 3 is 2.33 bits per heavy atom. The number of aliphatic hydroxyl groups is 1. The van der Waals surface area contributed by atoms with Crippen LogP contribution in [0.1, 0.15) is 101 Å². The van der Waals surface area contributed by atoms with E-state index in [1.54, 1.807) is 0 Å². The van der Waals surface area contributed by atoms with Crippen molar-refractivity contribution in [1.29, 1.82) is 0 Å². The number of anilines is 1. The molecular weight excluding hydrogens is 570 g/mol. The van der Waals surface area contributed by atoms with Crippen molar-refractivity contribution < 1.29 is 24.2 Å². The Kier molecular flexibility index (Phi) is 19.9. The summed E-state index contributed by atoms with van der Waals surface area (Å²) >= 11 is 0. The van der Waals surface area contributed by atoms with E-state index in [-0.39, 0.29) is 24.2 Å². The van der Waals surface area contributed by atoms with Crippen LogP contribution in [-0.4, -0.2) is 71.7 Å². The van der Waals surface area contributed by atoms with Crippen molar-refractivity contribution >= 4 is 29.2 Å². The Balaban J connectivity index is 0.00000126. The molecule has 3 N–H and O–H groups in total. The van der Waals surface area contributed by atoms with Gasteiger partial charge in [0.25, 0.3) is 0 Å². The van der Waals surface area contributed by atoms with Crippen LogP contribution in [-0.2, 0) is 27.7 Å². The van der Waals surface area contributed by atoms with Crippen LogP contribution in [0.4, 0.5) is 10.5 Å². The van der Waals surface area contributed by atoms with Gasteiger partial charge in [-0.05, 0) is 83.6 Å². The third-order valence-electron chi connectivity index (χ3n) is 6.57. The molecule has 1 aromatic heterocycles. The summed E-state index contributed by atoms with van der Waals surface area (Å²) in [4.78, 5) is 29.2. The minimum atomic E-state index is -0.505. The van der Waals surface area contributed by atoms with E-state index in [0.717, 1.165) is 60.5 Å². The Bertz CT molecular complexity index is 1150. The average molecular weight is 634 g/mol. The lowest BCUT2D eigenvalue weighted by molar-refractivity contribution is -0.109. The van der Waals surface area contributed by atoms with Crippen LogP contribution in [0.3, 0.4) is 0 Å². The van der Waals surface area contributed by atoms with Crippen molar-refractivity contribution in [2.45, 2.75) is 113 Å². The third-order valence-corrected chi connectivity index (χ3v) is 6.57. The molecule has 0 spiro atoms. The van der Waals surface area contributed by atoms with E-state index >= 15 is 0 Å². The summed E-state index contributed by atoms with van der Waals surface area (Å²) in [5, 5.41) is 14.9. The standard InChI is InChI=1S/C25H42N4O3.C8H15NO2.C2H6/c1-9-12-29(13-14-30)19-10-11-21-20(15-19)27-22(28(21)8)17-25(6,7)16-18(2)26-23(31)32-24(3,4)5;1-3-5-8(11-4-2)6-9-7-10;1-2/h10-11,15,18,30H,9,12-14,16-17H2,1-8H3,(H,26,31);5,7H,3-4,6H2,1-2H3,(H,9,10);1-2H3/b;8-5+;. The molecule has 2 rings (SSSR count). The van der Waals surface area contributed by atoms with Crippen molar-refractivity contribution in [3.05, 3.63) is 35.9 Å². The Morgan fingerprint density at radius 2 is 1.80 bits per heavy atom. The highest BCUT2D eigenvalue weighted by Gasteiger charge is 2.26. The number of hydrogen-bond acceptors (Lipinski definition) is 7. The molecule has 0 aliphatic carbocycles. The van der Waals surface area contributed by atoms with Gasteiger partial charge in [0, 0.05) is 38.3 Å². The van der Waals surface area contributed by atoms with Crippen LogP contribution in [0.25, 0.3) is 11.0 Å². The number of aliphatic hydroxyl groups excluding tert-OH is 1. The average Bonchev–Trinajstić information content (AvgIpc) is 3.25. The molecule has 1 aromatic carbocycles. The van der Waals surface area contributed by atoms with Gasteiger partial charge in [-0.2, -0.15) is 0 Å². The summed E-state index contributed by atoms with van der Waals surface area (Å²) in [6, 6.07) is 6.32. The molecule has 2 aromatic rings. The normalized spacial score (nSPS) is 12.2. The highest BCUT2D eigenvalue weighted by atomic mass is 16.6. The second kappa shape index (κ2) is 21.5. The maximum absolute atomic E-state index is 12.1. The van der Waals surface area contributed by atoms with Gasteiger partial charge in [-0.3, -0.25) is 4.79 Å². The fraction of sp³-hybridized carbons (Fsp3) is 0.686. The molecule has 0 radical (unpaired) electrons. The van der Waals surface area contributed by atoms with E-state index in [9.17, 15) is 14.7 Å². The molecule has 0 saturated heterocycles. The number of imidazole rings is 1. The lowest BCUT2D eigenvalue weighted by Gasteiger charge is -2.29. The van der Waals surface area contributed by atoms with Crippen LogP contribution >= 0.6 is 0 Å². The van der Waals surface area contributed by atoms with Crippen molar-refractivity contribution in [2.24, 2.45) is 12.5 Å². The first-order valence-corrected chi connectivity index (χ1v) is 16.5. The number of amides is 2. The molecule has 0 aliphatic rings. The SMILES string of the molecule is CC.CC/C=C(\CNC=O)OCC.CCCN(CCO)c1ccc2c(c1)nc(CC(C)(C)CC(C)NC(=O)OC(C)(C)C)n2C. The number of carbonyl (C=O) groups excluding carboxylic acids is 2. The Morgan fingerprint density at radius 1 is 1.13 bits per heavy atom. The molecule has 10 heteroatoms. The Labute approximate surface area is 272 Å². The first-order chi connectivity index (χ1) is 21.2. The van der Waals surface area contributed by atoms with E-state index in [0.29, 0.717) is 26.1 Å². The quantitative estimate of drug-likeness (QED) is 0.138. The molecule has 1 heterocycles. The molecule has 0 saturated carbocycles. The van der Waals surface area contributed by atoms with Crippen LogP contribution < -0.4 is 15.5 Å². The fourth-order valence-corrected chi connectivity index (χ4v) is 4.98. The molecule has 2 amide bonds. The molecule has 10 nitrogen and oxygen atoms in total. The van der Waals surface area contributed by atoms with Gasteiger partial charge >= 0.3 is 6.09 Å². The van der Waals surface area contributed by atoms with Gasteiger partial charge in [-0.1, -0.05) is 41.5 Å². The summed E-state index contributed by atoms with van der Waals surface area (Å²) in [6.07, 6.45) is 5.80. The summed E-state index contributed by atoms with van der Waals surface area (Å²) in [5.41, 5.74) is 2.59. The van der Waals surface area contributed by atoms with Gasteiger partial charge in [0.2, 0.25) is 6.41 Å². The van der Waals surface area contributed by atoms with E-state index in [4.69, 9.17) is 14.5 Å². The highest BCUT2D eigenvalue weighted by Crippen LogP contribution is 2.30. The fourth-order valence-electron chi connectivity index (χ4n) is 4.98. The second-order valence-electron chi connectivity index (χ2n) is 12.6. The summed E-state index contributed by atoms with van der Waals surface area (Å²) in [5.74, 6) is 1.86. The number of rotatable bonds is 16. The van der Waals surface area contributed by atoms with E-state index in [2.05, 4.69) is 66.1 Å². The monoisotopic (exact) mass is 633 g/mol.